The zero-order chi connectivity index (χ0) is 20.9. The van der Waals surface area contributed by atoms with Crippen molar-refractivity contribution in [3.05, 3.63) is 35.2 Å². The Kier molecular flexibility index (Phi) is 4.63. The van der Waals surface area contributed by atoms with Gasteiger partial charge in [0.05, 0.1) is 29.8 Å². The summed E-state index contributed by atoms with van der Waals surface area (Å²) >= 11 is 0. The summed E-state index contributed by atoms with van der Waals surface area (Å²) in [5.74, 6) is -2.54. The van der Waals surface area contributed by atoms with Gasteiger partial charge in [-0.05, 0) is 25.1 Å². The Morgan fingerprint density at radius 3 is 2.75 bits per heavy atom. The normalized spacial score (nSPS) is 29.3. The summed E-state index contributed by atoms with van der Waals surface area (Å²) in [5.41, 5.74) is 9.67. The summed E-state index contributed by atoms with van der Waals surface area (Å²) in [6.07, 6.45) is 1.53. The molecule has 2 fully saturated rings. The van der Waals surface area contributed by atoms with Crippen LogP contribution >= 0.6 is 0 Å². The Hall–Kier alpha value is -2.99. The zero-order valence-electron chi connectivity index (χ0n) is 14.8. The Morgan fingerprint density at radius 2 is 2.18 bits per heavy atom. The van der Waals surface area contributed by atoms with Crippen molar-refractivity contribution in [3.63, 3.8) is 0 Å². The predicted octanol–water partition coefficient (Wildman–Crippen LogP) is -3.22. The van der Waals surface area contributed by atoms with E-state index in [4.69, 9.17) is 5.73 Å². The van der Waals surface area contributed by atoms with Crippen molar-refractivity contribution < 1.29 is 38.4 Å². The van der Waals surface area contributed by atoms with Crippen molar-refractivity contribution in [2.24, 2.45) is 5.73 Å². The highest BCUT2D eigenvalue weighted by Gasteiger charge is 2.70. The lowest BCUT2D eigenvalue weighted by molar-refractivity contribution is -0.386. The van der Waals surface area contributed by atoms with Crippen molar-refractivity contribution in [2.75, 3.05) is 6.61 Å². The number of carboxylic acid groups (broad SMARTS) is 1. The first-order chi connectivity index (χ1) is 13.0. The van der Waals surface area contributed by atoms with Gasteiger partial charge in [-0.2, -0.15) is 0 Å². The number of fused-ring (bicyclic) bond motifs is 1. The number of quaternary nitrogens is 1. The average molecular weight is 410 g/mol. The van der Waals surface area contributed by atoms with Crippen molar-refractivity contribution in [1.82, 2.24) is 9.88 Å². The van der Waals surface area contributed by atoms with Crippen molar-refractivity contribution >= 4 is 33.9 Å². The van der Waals surface area contributed by atoms with Crippen LogP contribution in [0, 0.1) is 0 Å². The molecule has 0 spiro atoms. The third-order valence-corrected chi connectivity index (χ3v) is 7.67. The molecule has 2 amide bonds. The number of rotatable bonds is 5. The molecule has 2 saturated heterocycles. The second-order valence-corrected chi connectivity index (χ2v) is 9.16. The van der Waals surface area contributed by atoms with E-state index in [2.05, 4.69) is 15.5 Å². The molecule has 2 aliphatic heterocycles. The van der Waals surface area contributed by atoms with Crippen LogP contribution in [0.3, 0.4) is 0 Å². The van der Waals surface area contributed by atoms with Crippen LogP contribution in [0.1, 0.15) is 18.2 Å². The van der Waals surface area contributed by atoms with E-state index in [-0.39, 0.29) is 5.57 Å². The summed E-state index contributed by atoms with van der Waals surface area (Å²) in [5, 5.41) is 10.1. The molecule has 150 valence electrons. The molecule has 3 heterocycles. The summed E-state index contributed by atoms with van der Waals surface area (Å²) in [4.78, 5) is 39.9. The van der Waals surface area contributed by atoms with E-state index in [1.54, 1.807) is 12.1 Å². The molecule has 2 aliphatic rings. The van der Waals surface area contributed by atoms with Gasteiger partial charge in [-0.15, -0.1) is 0 Å². The Bertz CT molecular complexity index is 1010. The van der Waals surface area contributed by atoms with Crippen LogP contribution in [0.2, 0.25) is 0 Å². The van der Waals surface area contributed by atoms with Gasteiger partial charge in [0.2, 0.25) is 0 Å². The van der Waals surface area contributed by atoms with Gasteiger partial charge in [-0.1, -0.05) is 0 Å². The fourth-order valence-electron chi connectivity index (χ4n) is 3.48. The van der Waals surface area contributed by atoms with Crippen molar-refractivity contribution in [1.29, 1.82) is 0 Å². The third kappa shape index (κ3) is 2.72. The number of hydrogen-bond donors (Lipinski definition) is 2. The SMILES string of the molecule is C[C@]1(COC(N)=O)[C@H](C(=O)[O-])N2C(=O)/C(=C/c3cc(C[NH3+])ccn3)[C@H]2S1(=O)=O. The molecule has 1 aromatic rings. The summed E-state index contributed by atoms with van der Waals surface area (Å²) in [6, 6.07) is 1.54. The zero-order valence-corrected chi connectivity index (χ0v) is 15.6. The summed E-state index contributed by atoms with van der Waals surface area (Å²) in [6.45, 7) is 0.721. The van der Waals surface area contributed by atoms with E-state index in [1.807, 2.05) is 0 Å². The number of nitrogens with two attached hydrogens (primary N) is 1. The minimum Gasteiger partial charge on any atom is -0.548 e. The van der Waals surface area contributed by atoms with Gasteiger partial charge in [0.25, 0.3) is 5.91 Å². The van der Waals surface area contributed by atoms with Gasteiger partial charge < -0.3 is 31.0 Å². The number of carboxylic acids is 1. The number of aromatic nitrogens is 1. The maximum absolute atomic E-state index is 13.1. The van der Waals surface area contributed by atoms with Crippen LogP contribution in [-0.4, -0.2) is 59.0 Å². The number of carbonyl (C=O) groups is 3. The van der Waals surface area contributed by atoms with Crippen LogP contribution in [0.25, 0.3) is 6.08 Å². The summed E-state index contributed by atoms with van der Waals surface area (Å²) in [7, 11) is -4.29. The number of primary amides is 1. The van der Waals surface area contributed by atoms with Gasteiger partial charge in [0.1, 0.15) is 11.4 Å². The Morgan fingerprint density at radius 1 is 1.50 bits per heavy atom. The topological polar surface area (TPSA) is 187 Å². The molecule has 5 N–H and O–H groups in total. The molecule has 12 heteroatoms. The lowest BCUT2D eigenvalue weighted by Crippen LogP contribution is -2.62. The second kappa shape index (κ2) is 6.56. The Labute approximate surface area is 159 Å². The third-order valence-electron chi connectivity index (χ3n) is 4.96. The number of aliphatic carboxylic acids is 1. The molecule has 1 aromatic heterocycles. The lowest BCUT2D eigenvalue weighted by Gasteiger charge is -2.40. The van der Waals surface area contributed by atoms with Crippen LogP contribution < -0.4 is 16.6 Å². The first-order valence-electron chi connectivity index (χ1n) is 8.19. The van der Waals surface area contributed by atoms with Crippen LogP contribution in [-0.2, 0) is 30.7 Å². The second-order valence-electron chi connectivity index (χ2n) is 6.69. The van der Waals surface area contributed by atoms with E-state index in [0.29, 0.717) is 17.1 Å². The van der Waals surface area contributed by atoms with Gasteiger partial charge in [0.15, 0.2) is 15.2 Å². The highest BCUT2D eigenvalue weighted by molar-refractivity contribution is 7.94. The number of ether oxygens (including phenoxy) is 1. The lowest BCUT2D eigenvalue weighted by atomic mass is 9.94. The maximum atomic E-state index is 13.1. The fraction of sp³-hybridized carbons (Fsp3) is 0.375. The minimum absolute atomic E-state index is 0.122. The molecule has 0 bridgehead atoms. The van der Waals surface area contributed by atoms with Crippen LogP contribution in [0.5, 0.6) is 0 Å². The molecular formula is C16H18N4O7S. The number of sulfone groups is 1. The molecule has 0 unspecified atom stereocenters. The molecule has 3 atom stereocenters. The Balaban J connectivity index is 2.06. The molecule has 0 aromatic carbocycles. The molecule has 3 rings (SSSR count). The molecule has 0 radical (unpaired) electrons. The number of pyridine rings is 1. The largest absolute Gasteiger partial charge is 0.548 e. The van der Waals surface area contributed by atoms with Gasteiger partial charge in [0, 0.05) is 11.8 Å². The van der Waals surface area contributed by atoms with E-state index in [9.17, 15) is 27.9 Å². The number of amides is 2. The highest BCUT2D eigenvalue weighted by Crippen LogP contribution is 2.48. The number of β-lactam (4-membered cyclic amide) rings is 1. The quantitative estimate of drug-likeness (QED) is 0.374. The first-order valence-corrected chi connectivity index (χ1v) is 9.74. The molecule has 0 aliphatic carbocycles. The van der Waals surface area contributed by atoms with Crippen molar-refractivity contribution in [2.45, 2.75) is 29.6 Å². The standard InChI is InChI=1S/C16H18N4O7S/c1-16(7-27-15(18)24)11(14(22)23)20-12(21)10(13(20)28(16,25)26)5-9-4-8(6-17)2-3-19-9/h2-5,11,13H,6-7,17H2,1H3,(H2,18,24)(H,22,23)/b10-5-/t11-,13+,16-/m0/s1. The monoisotopic (exact) mass is 410 g/mol. The molecule has 0 saturated carbocycles. The van der Waals surface area contributed by atoms with E-state index in [0.717, 1.165) is 12.5 Å². The predicted molar refractivity (Wildman–Crippen MR) is 91.1 cm³/mol. The molecular weight excluding hydrogens is 392 g/mol. The fourth-order valence-corrected chi connectivity index (χ4v) is 5.75. The maximum Gasteiger partial charge on any atom is 0.404 e. The first kappa shape index (κ1) is 19.8. The number of hydrogen-bond acceptors (Lipinski definition) is 8. The highest BCUT2D eigenvalue weighted by atomic mass is 32.2. The van der Waals surface area contributed by atoms with Gasteiger partial charge in [-0.3, -0.25) is 9.78 Å². The molecule has 11 nitrogen and oxygen atoms in total. The van der Waals surface area contributed by atoms with E-state index in [1.165, 1.54) is 12.3 Å². The van der Waals surface area contributed by atoms with Crippen molar-refractivity contribution in [3.8, 4) is 0 Å². The molecule has 28 heavy (non-hydrogen) atoms. The van der Waals surface area contributed by atoms with E-state index < -0.39 is 50.6 Å². The van der Waals surface area contributed by atoms with Gasteiger partial charge >= 0.3 is 6.09 Å². The van der Waals surface area contributed by atoms with E-state index >= 15 is 0 Å². The number of nitrogens with zero attached hydrogens (tertiary/aromatic N) is 2. The smallest absolute Gasteiger partial charge is 0.404 e. The van der Waals surface area contributed by atoms with Crippen LogP contribution in [0.4, 0.5) is 4.79 Å². The van der Waals surface area contributed by atoms with Gasteiger partial charge in [-0.25, -0.2) is 13.2 Å². The average Bonchev–Trinajstić information content (AvgIpc) is 2.80. The van der Waals surface area contributed by atoms with Crippen LogP contribution in [0.15, 0.2) is 23.9 Å². The minimum atomic E-state index is -4.29. The summed E-state index contributed by atoms with van der Waals surface area (Å²) < 4.78 is 28.6. The number of carbonyl (C=O) groups excluding carboxylic acids is 3.